The number of urea groups is 1. The van der Waals surface area contributed by atoms with Gasteiger partial charge in [-0.15, -0.1) is 0 Å². The van der Waals surface area contributed by atoms with Gasteiger partial charge in [0.25, 0.3) is 5.91 Å². The molecule has 6 heteroatoms. The number of carbonyl (C=O) groups excluding carboxylic acids is 2. The highest BCUT2D eigenvalue weighted by Gasteiger charge is 2.50. The van der Waals surface area contributed by atoms with Gasteiger partial charge >= 0.3 is 6.03 Å². The third-order valence-electron chi connectivity index (χ3n) is 4.20. The van der Waals surface area contributed by atoms with Gasteiger partial charge in [0.15, 0.2) is 0 Å². The maximum absolute atomic E-state index is 14.1. The summed E-state index contributed by atoms with van der Waals surface area (Å²) >= 11 is 0. The third-order valence-corrected chi connectivity index (χ3v) is 4.20. The number of rotatable bonds is 3. The Hall–Kier alpha value is -2.76. The summed E-state index contributed by atoms with van der Waals surface area (Å²) in [5.41, 5.74) is 0.0106. The van der Waals surface area contributed by atoms with E-state index >= 15 is 0 Å². The second kappa shape index (κ2) is 5.70. The molecule has 0 aliphatic carbocycles. The highest BCUT2D eigenvalue weighted by Crippen LogP contribution is 2.32. The molecule has 1 aliphatic rings. The molecule has 0 aromatic heterocycles. The van der Waals surface area contributed by atoms with Crippen LogP contribution < -0.4 is 5.32 Å². The lowest BCUT2D eigenvalue weighted by Gasteiger charge is -2.23. The van der Waals surface area contributed by atoms with Crippen molar-refractivity contribution in [1.29, 1.82) is 0 Å². The fourth-order valence-electron chi connectivity index (χ4n) is 2.78. The van der Waals surface area contributed by atoms with Gasteiger partial charge in [-0.3, -0.25) is 9.69 Å². The van der Waals surface area contributed by atoms with Crippen molar-refractivity contribution in [2.45, 2.75) is 25.9 Å². The minimum Gasteiger partial charge on any atom is -0.319 e. The van der Waals surface area contributed by atoms with E-state index in [-0.39, 0.29) is 12.1 Å². The molecule has 0 unspecified atom stereocenters. The van der Waals surface area contributed by atoms with Crippen molar-refractivity contribution >= 4 is 11.9 Å². The number of aryl methyl sites for hydroxylation is 1. The Morgan fingerprint density at radius 2 is 1.75 bits per heavy atom. The molecule has 1 N–H and O–H groups in total. The molecule has 1 aliphatic heterocycles. The van der Waals surface area contributed by atoms with E-state index in [1.807, 2.05) is 31.2 Å². The van der Waals surface area contributed by atoms with Gasteiger partial charge in [0.05, 0.1) is 6.54 Å². The van der Waals surface area contributed by atoms with Gasteiger partial charge in [-0.25, -0.2) is 13.6 Å². The normalized spacial score (nSPS) is 20.4. The maximum Gasteiger partial charge on any atom is 0.325 e. The van der Waals surface area contributed by atoms with E-state index < -0.39 is 29.1 Å². The summed E-state index contributed by atoms with van der Waals surface area (Å²) in [7, 11) is 0. The molecule has 2 aromatic rings. The monoisotopic (exact) mass is 330 g/mol. The van der Waals surface area contributed by atoms with E-state index in [0.29, 0.717) is 0 Å². The van der Waals surface area contributed by atoms with Crippen molar-refractivity contribution in [3.05, 3.63) is 70.8 Å². The Balaban J connectivity index is 1.93. The van der Waals surface area contributed by atoms with Crippen LogP contribution in [-0.2, 0) is 16.9 Å². The van der Waals surface area contributed by atoms with Gasteiger partial charge in [-0.2, -0.15) is 0 Å². The fraction of sp³-hybridized carbons (Fsp3) is 0.222. The van der Waals surface area contributed by atoms with Gasteiger partial charge in [-0.1, -0.05) is 29.8 Å². The molecule has 1 saturated heterocycles. The van der Waals surface area contributed by atoms with Gasteiger partial charge in [-0.05, 0) is 37.6 Å². The number of hydrogen-bond donors (Lipinski definition) is 1. The third kappa shape index (κ3) is 2.64. The fourth-order valence-corrected chi connectivity index (χ4v) is 2.78. The van der Waals surface area contributed by atoms with Crippen molar-refractivity contribution in [1.82, 2.24) is 10.2 Å². The number of amides is 3. The van der Waals surface area contributed by atoms with E-state index in [2.05, 4.69) is 5.32 Å². The first-order chi connectivity index (χ1) is 11.3. The number of hydrogen-bond acceptors (Lipinski definition) is 2. The van der Waals surface area contributed by atoms with Crippen LogP contribution in [0, 0.1) is 18.6 Å². The van der Waals surface area contributed by atoms with Crippen LogP contribution in [0.25, 0.3) is 0 Å². The Morgan fingerprint density at radius 3 is 2.42 bits per heavy atom. The summed E-state index contributed by atoms with van der Waals surface area (Å²) in [6, 6.07) is 9.59. The largest absolute Gasteiger partial charge is 0.325 e. The molecule has 2 aromatic carbocycles. The minimum absolute atomic E-state index is 0.0669. The van der Waals surface area contributed by atoms with Crippen LogP contribution in [0.15, 0.2) is 42.5 Å². The van der Waals surface area contributed by atoms with E-state index in [1.54, 1.807) is 0 Å². The standard InChI is InChI=1S/C18H16F2N2O2/c1-11-3-5-12(6-4-11)10-22-16(23)18(2,21-17(22)24)14-9-13(19)7-8-15(14)20/h3-9H,10H2,1-2H3,(H,21,24)/t18-/m1/s1. The first kappa shape index (κ1) is 16.1. The highest BCUT2D eigenvalue weighted by atomic mass is 19.1. The molecule has 0 radical (unpaired) electrons. The zero-order chi connectivity index (χ0) is 17.5. The summed E-state index contributed by atoms with van der Waals surface area (Å²) in [6.45, 7) is 3.37. The van der Waals surface area contributed by atoms with Gasteiger partial charge in [0, 0.05) is 5.56 Å². The van der Waals surface area contributed by atoms with Crippen molar-refractivity contribution < 1.29 is 18.4 Å². The highest BCUT2D eigenvalue weighted by molar-refractivity contribution is 6.07. The zero-order valence-electron chi connectivity index (χ0n) is 13.3. The summed E-state index contributed by atoms with van der Waals surface area (Å²) in [5.74, 6) is -2.03. The van der Waals surface area contributed by atoms with E-state index in [1.165, 1.54) is 6.92 Å². The van der Waals surface area contributed by atoms with Crippen LogP contribution in [0.2, 0.25) is 0 Å². The number of imide groups is 1. The maximum atomic E-state index is 14.1. The molecular weight excluding hydrogens is 314 g/mol. The molecule has 1 fully saturated rings. The van der Waals surface area contributed by atoms with E-state index in [4.69, 9.17) is 0 Å². The second-order valence-corrected chi connectivity index (χ2v) is 6.06. The predicted molar refractivity (Wildman–Crippen MR) is 84.0 cm³/mol. The summed E-state index contributed by atoms with van der Waals surface area (Å²) < 4.78 is 27.5. The van der Waals surface area contributed by atoms with Crippen LogP contribution in [0.4, 0.5) is 13.6 Å². The Labute approximate surface area is 138 Å². The molecule has 3 rings (SSSR count). The van der Waals surface area contributed by atoms with E-state index in [0.717, 1.165) is 34.2 Å². The Bertz CT molecular complexity index is 820. The van der Waals surface area contributed by atoms with Crippen molar-refractivity contribution in [2.75, 3.05) is 0 Å². The Kier molecular flexibility index (Phi) is 3.83. The summed E-state index contributed by atoms with van der Waals surface area (Å²) in [5, 5.41) is 2.48. The molecule has 4 nitrogen and oxygen atoms in total. The summed E-state index contributed by atoms with van der Waals surface area (Å²) in [6.07, 6.45) is 0. The van der Waals surface area contributed by atoms with Crippen LogP contribution >= 0.6 is 0 Å². The predicted octanol–water partition coefficient (Wildman–Crippen LogP) is 3.24. The van der Waals surface area contributed by atoms with Gasteiger partial charge in [0.1, 0.15) is 17.2 Å². The Morgan fingerprint density at radius 1 is 1.08 bits per heavy atom. The molecular formula is C18H16F2N2O2. The molecule has 1 heterocycles. The van der Waals surface area contributed by atoms with Gasteiger partial charge in [0.2, 0.25) is 0 Å². The van der Waals surface area contributed by atoms with Crippen molar-refractivity contribution in [2.24, 2.45) is 0 Å². The quantitative estimate of drug-likeness (QED) is 0.879. The molecule has 3 amide bonds. The van der Waals surface area contributed by atoms with Crippen LogP contribution in [0.5, 0.6) is 0 Å². The first-order valence-electron chi connectivity index (χ1n) is 7.46. The number of nitrogens with one attached hydrogen (secondary N) is 1. The van der Waals surface area contributed by atoms with Crippen LogP contribution in [0.3, 0.4) is 0 Å². The molecule has 0 saturated carbocycles. The molecule has 124 valence electrons. The van der Waals surface area contributed by atoms with Crippen molar-refractivity contribution in [3.63, 3.8) is 0 Å². The van der Waals surface area contributed by atoms with Crippen LogP contribution in [-0.4, -0.2) is 16.8 Å². The SMILES string of the molecule is Cc1ccc(CN2C(=O)N[C@](C)(c3cc(F)ccc3F)C2=O)cc1. The topological polar surface area (TPSA) is 49.4 Å². The molecule has 0 spiro atoms. The lowest BCUT2D eigenvalue weighted by atomic mass is 9.91. The minimum atomic E-state index is -1.63. The van der Waals surface area contributed by atoms with Crippen molar-refractivity contribution in [3.8, 4) is 0 Å². The lowest BCUT2D eigenvalue weighted by molar-refractivity contribution is -0.131. The zero-order valence-corrected chi connectivity index (χ0v) is 13.3. The molecule has 1 atom stereocenters. The summed E-state index contributed by atoms with van der Waals surface area (Å²) in [4.78, 5) is 26.0. The molecule has 0 bridgehead atoms. The van der Waals surface area contributed by atoms with E-state index in [9.17, 15) is 18.4 Å². The first-order valence-corrected chi connectivity index (χ1v) is 7.46. The number of benzene rings is 2. The van der Waals surface area contributed by atoms with Crippen LogP contribution in [0.1, 0.15) is 23.6 Å². The number of carbonyl (C=O) groups is 2. The average Bonchev–Trinajstić information content (AvgIpc) is 2.76. The smallest absolute Gasteiger partial charge is 0.319 e. The van der Waals surface area contributed by atoms with Gasteiger partial charge < -0.3 is 5.32 Å². The second-order valence-electron chi connectivity index (χ2n) is 6.06. The average molecular weight is 330 g/mol. The lowest BCUT2D eigenvalue weighted by Crippen LogP contribution is -2.41. The number of halogens is 2. The molecule has 24 heavy (non-hydrogen) atoms. The number of nitrogens with zero attached hydrogens (tertiary/aromatic N) is 1.